The molecule has 1 atom stereocenters. The van der Waals surface area contributed by atoms with Crippen LogP contribution in [0.2, 0.25) is 0 Å². The van der Waals surface area contributed by atoms with Crippen LogP contribution >= 0.6 is 0 Å². The van der Waals surface area contributed by atoms with Crippen LogP contribution in [0.1, 0.15) is 42.9 Å². The van der Waals surface area contributed by atoms with Crippen LogP contribution in [-0.4, -0.2) is 61.5 Å². The minimum atomic E-state index is -4.26. The molecule has 1 aromatic carbocycles. The number of morpholine rings is 1. The molecular formula is C26H30F4N4O2. The third-order valence-corrected chi connectivity index (χ3v) is 7.12. The molecule has 10 heteroatoms. The number of likely N-dealkylation sites (tertiary alicyclic amines) is 1. The number of aryl methyl sites for hydroxylation is 1. The summed E-state index contributed by atoms with van der Waals surface area (Å²) in [6.45, 7) is 4.80. The lowest BCUT2D eigenvalue weighted by Crippen LogP contribution is -2.36. The first-order chi connectivity index (χ1) is 17.2. The highest BCUT2D eigenvalue weighted by Gasteiger charge is 2.36. The molecule has 1 N–H and O–H groups in total. The van der Waals surface area contributed by atoms with Gasteiger partial charge in [0, 0.05) is 44.2 Å². The smallest absolute Gasteiger partial charge is 0.378 e. The summed E-state index contributed by atoms with van der Waals surface area (Å²) in [6, 6.07) is 6.44. The van der Waals surface area contributed by atoms with Gasteiger partial charge in [-0.1, -0.05) is 0 Å². The van der Waals surface area contributed by atoms with Crippen LogP contribution in [0.25, 0.3) is 11.1 Å². The Balaban J connectivity index is 1.38. The quantitative estimate of drug-likeness (QED) is 0.528. The van der Waals surface area contributed by atoms with Crippen LogP contribution in [0.5, 0.6) is 0 Å². The van der Waals surface area contributed by atoms with E-state index >= 15 is 0 Å². The van der Waals surface area contributed by atoms with Crippen LogP contribution in [0, 0.1) is 18.7 Å². The number of hydrogen-bond donors (Lipinski definition) is 1. The molecule has 3 fully saturated rings. The van der Waals surface area contributed by atoms with Crippen molar-refractivity contribution in [3.05, 3.63) is 41.3 Å². The zero-order chi connectivity index (χ0) is 25.4. The molecule has 2 saturated heterocycles. The Kier molecular flexibility index (Phi) is 6.80. The molecule has 0 bridgehead atoms. The fourth-order valence-corrected chi connectivity index (χ4v) is 5.02. The van der Waals surface area contributed by atoms with E-state index in [0.29, 0.717) is 19.1 Å². The summed E-state index contributed by atoms with van der Waals surface area (Å²) < 4.78 is 58.5. The molecule has 1 aromatic heterocycles. The third kappa shape index (κ3) is 5.74. The molecule has 2 aliphatic heterocycles. The SMILES string of the molecule is Cc1cc(F)c(NC(=O)N2CC[C@@H](CC(F)(F)F)C2)cc1-c1cc(C2CC2)nc(N2CCOCC2)c1. The highest BCUT2D eigenvalue weighted by Crippen LogP contribution is 2.42. The van der Waals surface area contributed by atoms with E-state index in [4.69, 9.17) is 9.72 Å². The number of alkyl halides is 3. The van der Waals surface area contributed by atoms with Crippen molar-refractivity contribution in [3.8, 4) is 11.1 Å². The Morgan fingerprint density at radius 3 is 2.56 bits per heavy atom. The number of nitrogens with one attached hydrogen (secondary N) is 1. The van der Waals surface area contributed by atoms with Crippen LogP contribution in [0.3, 0.4) is 0 Å². The minimum Gasteiger partial charge on any atom is -0.378 e. The average Bonchev–Trinajstić information content (AvgIpc) is 3.59. The average molecular weight is 507 g/mol. The van der Waals surface area contributed by atoms with Gasteiger partial charge in [0.05, 0.1) is 18.9 Å². The van der Waals surface area contributed by atoms with Gasteiger partial charge in [0.25, 0.3) is 0 Å². The number of amides is 2. The van der Waals surface area contributed by atoms with Gasteiger partial charge in [-0.25, -0.2) is 14.2 Å². The van der Waals surface area contributed by atoms with E-state index in [0.717, 1.165) is 54.1 Å². The van der Waals surface area contributed by atoms with Crippen molar-refractivity contribution in [1.29, 1.82) is 0 Å². The van der Waals surface area contributed by atoms with Gasteiger partial charge < -0.3 is 19.9 Å². The lowest BCUT2D eigenvalue weighted by molar-refractivity contribution is -0.143. The second-order valence-electron chi connectivity index (χ2n) is 10.0. The molecular weight excluding hydrogens is 476 g/mol. The largest absolute Gasteiger partial charge is 0.389 e. The highest BCUT2D eigenvalue weighted by atomic mass is 19.4. The van der Waals surface area contributed by atoms with Crippen LogP contribution in [-0.2, 0) is 4.74 Å². The molecule has 3 aliphatic rings. The summed E-state index contributed by atoms with van der Waals surface area (Å²) in [7, 11) is 0. The van der Waals surface area contributed by atoms with Crippen molar-refractivity contribution in [3.63, 3.8) is 0 Å². The number of benzene rings is 1. The molecule has 1 saturated carbocycles. The predicted octanol–water partition coefficient (Wildman–Crippen LogP) is 5.72. The molecule has 2 aromatic rings. The Morgan fingerprint density at radius 1 is 1.11 bits per heavy atom. The van der Waals surface area contributed by atoms with Crippen molar-refractivity contribution in [1.82, 2.24) is 9.88 Å². The number of rotatable bonds is 5. The molecule has 1 aliphatic carbocycles. The minimum absolute atomic E-state index is 0.00366. The first-order valence-electron chi connectivity index (χ1n) is 12.4. The zero-order valence-electron chi connectivity index (χ0n) is 20.2. The van der Waals surface area contributed by atoms with E-state index in [1.165, 1.54) is 11.0 Å². The molecule has 36 heavy (non-hydrogen) atoms. The zero-order valence-corrected chi connectivity index (χ0v) is 20.2. The van der Waals surface area contributed by atoms with E-state index in [2.05, 4.69) is 10.2 Å². The second kappa shape index (κ2) is 9.88. The van der Waals surface area contributed by atoms with Gasteiger partial charge in [0.2, 0.25) is 0 Å². The summed E-state index contributed by atoms with van der Waals surface area (Å²) in [5.41, 5.74) is 3.42. The lowest BCUT2D eigenvalue weighted by atomic mass is 9.98. The van der Waals surface area contributed by atoms with Crippen molar-refractivity contribution >= 4 is 17.5 Å². The number of pyridine rings is 1. The fourth-order valence-electron chi connectivity index (χ4n) is 5.02. The number of aromatic nitrogens is 1. The standard InChI is InChI=1S/C26H30F4N4O2/c1-16-10-21(27)23(32-25(35)34-5-4-17(15-34)14-26(28,29)30)13-20(16)19-11-22(18-2-3-18)31-24(12-19)33-6-8-36-9-7-33/h10-13,17-18H,2-9,14-15H2,1H3,(H,32,35)/t17-/m0/s1. The van der Waals surface area contributed by atoms with E-state index in [9.17, 15) is 22.4 Å². The summed E-state index contributed by atoms with van der Waals surface area (Å²) >= 11 is 0. The van der Waals surface area contributed by atoms with E-state index in [1.54, 1.807) is 6.07 Å². The van der Waals surface area contributed by atoms with Gasteiger partial charge in [-0.3, -0.25) is 0 Å². The highest BCUT2D eigenvalue weighted by molar-refractivity contribution is 5.91. The maximum Gasteiger partial charge on any atom is 0.389 e. The van der Waals surface area contributed by atoms with Crippen LogP contribution < -0.4 is 10.2 Å². The van der Waals surface area contributed by atoms with Gasteiger partial charge in [0.1, 0.15) is 11.6 Å². The van der Waals surface area contributed by atoms with Crippen molar-refractivity contribution < 1.29 is 27.1 Å². The first kappa shape index (κ1) is 24.8. The third-order valence-electron chi connectivity index (χ3n) is 7.12. The molecule has 6 nitrogen and oxygen atoms in total. The molecule has 0 unspecified atom stereocenters. The number of carbonyl (C=O) groups is 1. The van der Waals surface area contributed by atoms with Gasteiger partial charge in [-0.15, -0.1) is 0 Å². The molecule has 5 rings (SSSR count). The Bertz CT molecular complexity index is 1130. The van der Waals surface area contributed by atoms with Crippen molar-refractivity contribution in [2.45, 2.75) is 44.7 Å². The molecule has 2 amide bonds. The maximum atomic E-state index is 14.9. The number of halogens is 4. The summed E-state index contributed by atoms with van der Waals surface area (Å²) in [4.78, 5) is 21.2. The fraction of sp³-hybridized carbons (Fsp3) is 0.538. The normalized spacial score (nSPS) is 20.6. The lowest BCUT2D eigenvalue weighted by Gasteiger charge is -2.28. The Morgan fingerprint density at radius 2 is 1.86 bits per heavy atom. The van der Waals surface area contributed by atoms with E-state index in [-0.39, 0.29) is 25.2 Å². The van der Waals surface area contributed by atoms with Gasteiger partial charge in [-0.2, -0.15) is 13.2 Å². The number of hydrogen-bond acceptors (Lipinski definition) is 4. The summed E-state index contributed by atoms with van der Waals surface area (Å²) in [6.07, 6.45) is -2.72. The van der Waals surface area contributed by atoms with Gasteiger partial charge in [-0.05, 0) is 73.1 Å². The number of ether oxygens (including phenoxy) is 1. The monoisotopic (exact) mass is 506 g/mol. The summed E-state index contributed by atoms with van der Waals surface area (Å²) in [5.74, 6) is 0.0650. The number of urea groups is 1. The number of anilines is 2. The second-order valence-corrected chi connectivity index (χ2v) is 10.0. The van der Waals surface area contributed by atoms with E-state index in [1.807, 2.05) is 19.1 Å². The van der Waals surface area contributed by atoms with E-state index < -0.39 is 30.4 Å². The molecule has 3 heterocycles. The number of nitrogens with zero attached hydrogens (tertiary/aromatic N) is 3. The summed E-state index contributed by atoms with van der Waals surface area (Å²) in [5, 5.41) is 2.59. The van der Waals surface area contributed by atoms with Crippen LogP contribution in [0.4, 0.5) is 33.9 Å². The first-order valence-corrected chi connectivity index (χ1v) is 12.4. The molecule has 194 valence electrons. The topological polar surface area (TPSA) is 57.7 Å². The number of carbonyl (C=O) groups excluding carboxylic acids is 1. The predicted molar refractivity (Wildman–Crippen MR) is 129 cm³/mol. The van der Waals surface area contributed by atoms with Crippen molar-refractivity contribution in [2.24, 2.45) is 5.92 Å². The molecule has 0 radical (unpaired) electrons. The Labute approximate surface area is 207 Å². The van der Waals surface area contributed by atoms with Crippen LogP contribution in [0.15, 0.2) is 24.3 Å². The van der Waals surface area contributed by atoms with Gasteiger partial charge >= 0.3 is 12.2 Å². The Hall–Kier alpha value is -2.88. The maximum absolute atomic E-state index is 14.9. The van der Waals surface area contributed by atoms with Crippen molar-refractivity contribution in [2.75, 3.05) is 49.6 Å². The van der Waals surface area contributed by atoms with Gasteiger partial charge in [0.15, 0.2) is 0 Å². The molecule has 0 spiro atoms.